The molecule has 1 fully saturated rings. The van der Waals surface area contributed by atoms with Crippen molar-refractivity contribution in [2.75, 3.05) is 6.26 Å². The molecule has 1 heterocycles. The van der Waals surface area contributed by atoms with Crippen LogP contribution in [0.2, 0.25) is 0 Å². The van der Waals surface area contributed by atoms with Crippen molar-refractivity contribution in [2.45, 2.75) is 56.2 Å². The highest BCUT2D eigenvalue weighted by Gasteiger charge is 2.35. The maximum atomic E-state index is 11.5. The Hall–Kier alpha value is -0.950. The maximum absolute atomic E-state index is 11.5. The zero-order valence-corrected chi connectivity index (χ0v) is 12.2. The Balaban J connectivity index is 2.25. The predicted octanol–water partition coefficient (Wildman–Crippen LogP) is 1.68. The molecule has 1 aliphatic carbocycles. The van der Waals surface area contributed by atoms with Gasteiger partial charge in [0.25, 0.3) is 0 Å². The van der Waals surface area contributed by atoms with Crippen LogP contribution in [0.5, 0.6) is 0 Å². The van der Waals surface area contributed by atoms with E-state index >= 15 is 0 Å². The highest BCUT2D eigenvalue weighted by molar-refractivity contribution is 7.90. The molecular weight excluding hydrogens is 266 g/mol. The van der Waals surface area contributed by atoms with Crippen molar-refractivity contribution in [3.05, 3.63) is 11.7 Å². The minimum Gasteiger partial charge on any atom is -0.338 e. The molecule has 0 saturated heterocycles. The van der Waals surface area contributed by atoms with Crippen molar-refractivity contribution < 1.29 is 12.9 Å². The summed E-state index contributed by atoms with van der Waals surface area (Å²) in [6, 6.07) is 0. The Morgan fingerprint density at radius 1 is 1.26 bits per heavy atom. The van der Waals surface area contributed by atoms with Gasteiger partial charge in [0.05, 0.1) is 5.54 Å². The fraction of sp³-hybridized carbons (Fsp3) is 0.833. The summed E-state index contributed by atoms with van der Waals surface area (Å²) in [5.41, 5.74) is 5.79. The zero-order chi connectivity index (χ0) is 14.1. The van der Waals surface area contributed by atoms with Crippen LogP contribution in [-0.2, 0) is 15.4 Å². The normalized spacial score (nSPS) is 21.8. The second-order valence-electron chi connectivity index (χ2n) is 5.50. The Morgan fingerprint density at radius 3 is 2.37 bits per heavy atom. The van der Waals surface area contributed by atoms with Gasteiger partial charge in [-0.15, -0.1) is 0 Å². The van der Waals surface area contributed by atoms with Gasteiger partial charge in [0.15, 0.2) is 15.7 Å². The van der Waals surface area contributed by atoms with Crippen molar-refractivity contribution in [3.8, 4) is 0 Å². The number of sulfone groups is 1. The summed E-state index contributed by atoms with van der Waals surface area (Å²) in [6.45, 7) is 1.54. The van der Waals surface area contributed by atoms with Crippen molar-refractivity contribution in [3.63, 3.8) is 0 Å². The standard InChI is InChI=1S/C12H21N3O3S/c1-9(19(2,16)17)10-14-11(15-18-10)12(13)7-5-3-4-6-8-12/h9H,3-8,13H2,1-2H3. The summed E-state index contributed by atoms with van der Waals surface area (Å²) in [7, 11) is -3.24. The molecule has 1 aliphatic rings. The van der Waals surface area contributed by atoms with Gasteiger partial charge in [-0.3, -0.25) is 0 Å². The monoisotopic (exact) mass is 287 g/mol. The van der Waals surface area contributed by atoms with Crippen LogP contribution < -0.4 is 5.73 Å². The third kappa shape index (κ3) is 3.14. The van der Waals surface area contributed by atoms with E-state index in [1.807, 2.05) is 0 Å². The Bertz CT molecular complexity index is 530. The average Bonchev–Trinajstić information content (AvgIpc) is 2.72. The Labute approximate surface area is 113 Å². The largest absolute Gasteiger partial charge is 0.338 e. The van der Waals surface area contributed by atoms with Crippen molar-refractivity contribution in [1.82, 2.24) is 10.1 Å². The summed E-state index contributed by atoms with van der Waals surface area (Å²) in [4.78, 5) is 4.23. The molecule has 0 aromatic carbocycles. The van der Waals surface area contributed by atoms with Gasteiger partial charge in [-0.25, -0.2) is 8.42 Å². The minimum atomic E-state index is -3.24. The quantitative estimate of drug-likeness (QED) is 0.849. The van der Waals surface area contributed by atoms with Crippen molar-refractivity contribution in [2.24, 2.45) is 5.73 Å². The number of nitrogens with two attached hydrogens (primary N) is 1. The minimum absolute atomic E-state index is 0.131. The van der Waals surface area contributed by atoms with Crippen LogP contribution in [0.1, 0.15) is 62.4 Å². The zero-order valence-electron chi connectivity index (χ0n) is 11.4. The Morgan fingerprint density at radius 2 is 1.84 bits per heavy atom. The lowest BCUT2D eigenvalue weighted by Crippen LogP contribution is -2.37. The van der Waals surface area contributed by atoms with E-state index in [0.29, 0.717) is 5.82 Å². The molecule has 1 unspecified atom stereocenters. The molecular formula is C12H21N3O3S. The van der Waals surface area contributed by atoms with Crippen LogP contribution in [0.3, 0.4) is 0 Å². The van der Waals surface area contributed by atoms with Crippen LogP contribution >= 0.6 is 0 Å². The first-order valence-electron chi connectivity index (χ1n) is 6.65. The summed E-state index contributed by atoms with van der Waals surface area (Å²) in [5.74, 6) is 0.575. The van der Waals surface area contributed by atoms with Gasteiger partial charge in [-0.2, -0.15) is 4.98 Å². The van der Waals surface area contributed by atoms with Crippen LogP contribution in [0, 0.1) is 0 Å². The van der Waals surface area contributed by atoms with Gasteiger partial charge in [-0.05, 0) is 19.8 Å². The van der Waals surface area contributed by atoms with Crippen LogP contribution in [0.15, 0.2) is 4.52 Å². The molecule has 7 heteroatoms. The lowest BCUT2D eigenvalue weighted by atomic mass is 9.91. The van der Waals surface area contributed by atoms with Crippen molar-refractivity contribution >= 4 is 9.84 Å². The second kappa shape index (κ2) is 5.20. The van der Waals surface area contributed by atoms with E-state index in [4.69, 9.17) is 10.3 Å². The number of hydrogen-bond acceptors (Lipinski definition) is 6. The SMILES string of the molecule is CC(c1nc(C2(N)CCCCCC2)no1)S(C)(=O)=O. The maximum Gasteiger partial charge on any atom is 0.244 e. The molecule has 6 nitrogen and oxygen atoms in total. The fourth-order valence-electron chi connectivity index (χ4n) is 2.37. The number of nitrogens with zero attached hydrogens (tertiary/aromatic N) is 2. The molecule has 19 heavy (non-hydrogen) atoms. The lowest BCUT2D eigenvalue weighted by Gasteiger charge is -2.23. The molecule has 0 bridgehead atoms. The van der Waals surface area contributed by atoms with E-state index in [2.05, 4.69) is 10.1 Å². The molecule has 0 spiro atoms. The van der Waals surface area contributed by atoms with Crippen LogP contribution in [-0.4, -0.2) is 24.8 Å². The summed E-state index contributed by atoms with van der Waals surface area (Å²) in [5, 5.41) is 3.12. The van der Waals surface area contributed by atoms with E-state index in [1.165, 1.54) is 12.8 Å². The highest BCUT2D eigenvalue weighted by Crippen LogP contribution is 2.33. The molecule has 0 amide bonds. The molecule has 1 aromatic heterocycles. The lowest BCUT2D eigenvalue weighted by molar-refractivity contribution is 0.324. The number of aromatic nitrogens is 2. The van der Waals surface area contributed by atoms with E-state index in [-0.39, 0.29) is 5.89 Å². The highest BCUT2D eigenvalue weighted by atomic mass is 32.2. The van der Waals surface area contributed by atoms with E-state index in [0.717, 1.165) is 31.9 Å². The third-order valence-electron chi connectivity index (χ3n) is 3.87. The van der Waals surface area contributed by atoms with Crippen molar-refractivity contribution in [1.29, 1.82) is 0 Å². The fourth-order valence-corrected chi connectivity index (χ4v) is 2.83. The van der Waals surface area contributed by atoms with Gasteiger partial charge in [0.1, 0.15) is 5.25 Å². The molecule has 0 radical (unpaired) electrons. The van der Waals surface area contributed by atoms with Gasteiger partial charge in [-0.1, -0.05) is 30.8 Å². The number of rotatable bonds is 3. The van der Waals surface area contributed by atoms with Crippen LogP contribution in [0.25, 0.3) is 0 Å². The molecule has 0 aliphatic heterocycles. The van der Waals surface area contributed by atoms with E-state index in [9.17, 15) is 8.42 Å². The first-order chi connectivity index (χ1) is 8.83. The first-order valence-corrected chi connectivity index (χ1v) is 8.60. The number of hydrogen-bond donors (Lipinski definition) is 1. The van der Waals surface area contributed by atoms with Gasteiger partial charge in [0.2, 0.25) is 5.89 Å². The van der Waals surface area contributed by atoms with E-state index < -0.39 is 20.6 Å². The summed E-state index contributed by atoms with van der Waals surface area (Å²) >= 11 is 0. The topological polar surface area (TPSA) is 99.1 Å². The Kier molecular flexibility index (Phi) is 3.96. The summed E-state index contributed by atoms with van der Waals surface area (Å²) < 4.78 is 28.1. The molecule has 1 aromatic rings. The van der Waals surface area contributed by atoms with E-state index in [1.54, 1.807) is 6.92 Å². The average molecular weight is 287 g/mol. The van der Waals surface area contributed by atoms with Gasteiger partial charge in [0, 0.05) is 6.26 Å². The molecule has 1 atom stereocenters. The van der Waals surface area contributed by atoms with Crippen LogP contribution in [0.4, 0.5) is 0 Å². The third-order valence-corrected chi connectivity index (χ3v) is 5.36. The first kappa shape index (κ1) is 14.5. The van der Waals surface area contributed by atoms with Gasteiger partial charge >= 0.3 is 0 Å². The van der Waals surface area contributed by atoms with Gasteiger partial charge < -0.3 is 10.3 Å². The molecule has 2 N–H and O–H groups in total. The second-order valence-corrected chi connectivity index (χ2v) is 7.86. The molecule has 2 rings (SSSR count). The molecule has 1 saturated carbocycles. The predicted molar refractivity (Wildman–Crippen MR) is 71.1 cm³/mol. The smallest absolute Gasteiger partial charge is 0.244 e. The summed E-state index contributed by atoms with van der Waals surface area (Å²) in [6.07, 6.45) is 7.22. The molecule has 108 valence electrons.